The molecule has 0 N–H and O–H groups in total. The van der Waals surface area contributed by atoms with E-state index in [4.69, 9.17) is 0 Å². The van der Waals surface area contributed by atoms with Gasteiger partial charge in [-0.25, -0.2) is 4.98 Å². The molecule has 0 amide bonds. The largest absolute Gasteiger partial charge is 0.237 e. The molecular formula is C3H2BrNS2. The van der Waals surface area contributed by atoms with Gasteiger partial charge in [-0.05, 0) is 25.0 Å². The summed E-state index contributed by atoms with van der Waals surface area (Å²) >= 11 is 4.83. The summed E-state index contributed by atoms with van der Waals surface area (Å²) in [5.74, 6) is 0. The van der Waals surface area contributed by atoms with Crippen LogP contribution in [0.25, 0.3) is 0 Å². The molecule has 0 radical (unpaired) electrons. The molecule has 38 valence electrons. The van der Waals surface area contributed by atoms with Crippen LogP contribution in [-0.2, 0) is 0 Å². The van der Waals surface area contributed by atoms with Crippen molar-refractivity contribution in [1.29, 1.82) is 0 Å². The SMILES string of the molecule is BrSc1nccs1. The highest BCUT2D eigenvalue weighted by molar-refractivity contribution is 9.50. The van der Waals surface area contributed by atoms with Gasteiger partial charge in [0.2, 0.25) is 0 Å². The molecule has 0 aliphatic carbocycles. The first-order valence-electron chi connectivity index (χ1n) is 1.61. The van der Waals surface area contributed by atoms with Gasteiger partial charge in [0.05, 0.1) is 0 Å². The van der Waals surface area contributed by atoms with E-state index >= 15 is 0 Å². The Morgan fingerprint density at radius 2 is 2.71 bits per heavy atom. The lowest BCUT2D eigenvalue weighted by Crippen LogP contribution is -1.53. The fourth-order valence-electron chi connectivity index (χ4n) is 0.248. The maximum Gasteiger partial charge on any atom is 0.160 e. The average Bonchev–Trinajstić information content (AvgIpc) is 2.14. The van der Waals surface area contributed by atoms with Gasteiger partial charge in [0.25, 0.3) is 0 Å². The first-order chi connectivity index (χ1) is 3.43. The molecule has 0 bridgehead atoms. The van der Waals surface area contributed by atoms with Gasteiger partial charge in [0.15, 0.2) is 4.34 Å². The van der Waals surface area contributed by atoms with Crippen LogP contribution in [0.15, 0.2) is 15.9 Å². The maximum atomic E-state index is 3.97. The van der Waals surface area contributed by atoms with Gasteiger partial charge in [-0.15, -0.1) is 11.3 Å². The molecule has 1 aromatic rings. The minimum absolute atomic E-state index is 1.06. The van der Waals surface area contributed by atoms with Gasteiger partial charge in [0, 0.05) is 11.6 Å². The number of aromatic nitrogens is 1. The third kappa shape index (κ3) is 1.44. The summed E-state index contributed by atoms with van der Waals surface area (Å²) in [5.41, 5.74) is 0. The van der Waals surface area contributed by atoms with Gasteiger partial charge < -0.3 is 0 Å². The van der Waals surface area contributed by atoms with Gasteiger partial charge in [-0.1, -0.05) is 0 Å². The average molecular weight is 196 g/mol. The van der Waals surface area contributed by atoms with Crippen LogP contribution in [0, 0.1) is 0 Å². The summed E-state index contributed by atoms with van der Waals surface area (Å²) in [6.45, 7) is 0. The van der Waals surface area contributed by atoms with Crippen molar-refractivity contribution in [3.8, 4) is 0 Å². The van der Waals surface area contributed by atoms with E-state index < -0.39 is 0 Å². The van der Waals surface area contributed by atoms with Crippen molar-refractivity contribution < 1.29 is 0 Å². The van der Waals surface area contributed by atoms with Crippen LogP contribution in [0.4, 0.5) is 0 Å². The Labute approximate surface area is 57.4 Å². The zero-order valence-corrected chi connectivity index (χ0v) is 6.52. The number of nitrogens with zero attached hydrogens (tertiary/aromatic N) is 1. The second-order valence-corrected chi connectivity index (χ2v) is 3.54. The van der Waals surface area contributed by atoms with Crippen molar-refractivity contribution in [2.24, 2.45) is 0 Å². The summed E-state index contributed by atoms with van der Waals surface area (Å²) in [6, 6.07) is 0. The predicted molar refractivity (Wildman–Crippen MR) is 36.9 cm³/mol. The summed E-state index contributed by atoms with van der Waals surface area (Å²) in [7, 11) is 1.50. The van der Waals surface area contributed by atoms with Gasteiger partial charge >= 0.3 is 0 Å². The van der Waals surface area contributed by atoms with Crippen molar-refractivity contribution in [2.45, 2.75) is 4.34 Å². The lowest BCUT2D eigenvalue weighted by molar-refractivity contribution is 1.26. The Hall–Kier alpha value is 0.460. The fourth-order valence-corrected chi connectivity index (χ4v) is 1.96. The summed E-state index contributed by atoms with van der Waals surface area (Å²) in [5, 5.41) is 1.95. The second kappa shape index (κ2) is 2.69. The number of rotatable bonds is 1. The molecule has 1 rings (SSSR count). The Morgan fingerprint density at radius 1 is 1.86 bits per heavy atom. The molecule has 7 heavy (non-hydrogen) atoms. The van der Waals surface area contributed by atoms with Crippen molar-refractivity contribution in [1.82, 2.24) is 4.98 Å². The molecule has 1 heterocycles. The minimum atomic E-state index is 1.06. The van der Waals surface area contributed by atoms with Crippen LogP contribution in [0.3, 0.4) is 0 Å². The van der Waals surface area contributed by atoms with E-state index in [1.54, 1.807) is 17.5 Å². The first-order valence-corrected chi connectivity index (χ1v) is 5.15. The summed E-state index contributed by atoms with van der Waals surface area (Å²) < 4.78 is 1.06. The van der Waals surface area contributed by atoms with Crippen LogP contribution >= 0.6 is 36.3 Å². The topological polar surface area (TPSA) is 12.9 Å². The van der Waals surface area contributed by atoms with Gasteiger partial charge in [0.1, 0.15) is 0 Å². The molecule has 0 spiro atoms. The van der Waals surface area contributed by atoms with Crippen molar-refractivity contribution >= 4 is 36.3 Å². The number of thiazole rings is 1. The minimum Gasteiger partial charge on any atom is -0.237 e. The monoisotopic (exact) mass is 195 g/mol. The molecule has 0 aliphatic rings. The quantitative estimate of drug-likeness (QED) is 0.684. The van der Waals surface area contributed by atoms with E-state index in [-0.39, 0.29) is 0 Å². The lowest BCUT2D eigenvalue weighted by Gasteiger charge is -1.74. The molecular weight excluding hydrogens is 194 g/mol. The second-order valence-electron chi connectivity index (χ2n) is 0.875. The highest BCUT2D eigenvalue weighted by Gasteiger charge is 1.87. The van der Waals surface area contributed by atoms with Gasteiger partial charge in [-0.3, -0.25) is 0 Å². The van der Waals surface area contributed by atoms with E-state index in [0.29, 0.717) is 0 Å². The fraction of sp³-hybridized carbons (Fsp3) is 0. The molecule has 0 atom stereocenters. The highest BCUT2D eigenvalue weighted by atomic mass is 79.9. The Balaban J connectivity index is 2.76. The van der Waals surface area contributed by atoms with E-state index in [1.807, 2.05) is 5.38 Å². The smallest absolute Gasteiger partial charge is 0.160 e. The van der Waals surface area contributed by atoms with Crippen LogP contribution in [0.1, 0.15) is 0 Å². The molecule has 0 aromatic carbocycles. The Kier molecular flexibility index (Phi) is 2.15. The molecule has 0 fully saturated rings. The third-order valence-electron chi connectivity index (χ3n) is 0.476. The van der Waals surface area contributed by atoms with Crippen molar-refractivity contribution in [2.75, 3.05) is 0 Å². The van der Waals surface area contributed by atoms with Crippen molar-refractivity contribution in [3.05, 3.63) is 11.6 Å². The normalized spacial score (nSPS) is 9.29. The molecule has 0 saturated carbocycles. The van der Waals surface area contributed by atoms with E-state index in [2.05, 4.69) is 19.8 Å². The molecule has 0 saturated heterocycles. The number of hydrogen-bond donors (Lipinski definition) is 0. The van der Waals surface area contributed by atoms with Crippen LogP contribution in [0.5, 0.6) is 0 Å². The maximum absolute atomic E-state index is 3.97. The summed E-state index contributed by atoms with van der Waals surface area (Å²) in [4.78, 5) is 3.97. The zero-order valence-electron chi connectivity index (χ0n) is 3.30. The van der Waals surface area contributed by atoms with Crippen LogP contribution in [0.2, 0.25) is 0 Å². The van der Waals surface area contributed by atoms with Gasteiger partial charge in [-0.2, -0.15) is 0 Å². The predicted octanol–water partition coefficient (Wildman–Crippen LogP) is 2.55. The highest BCUT2D eigenvalue weighted by Crippen LogP contribution is 2.25. The third-order valence-corrected chi connectivity index (χ3v) is 3.38. The standard InChI is InChI=1S/C3H2BrNS2/c4-7-3-5-1-2-6-3/h1-2H. The Morgan fingerprint density at radius 3 is 3.00 bits per heavy atom. The van der Waals surface area contributed by atoms with Crippen LogP contribution < -0.4 is 0 Å². The molecule has 1 nitrogen and oxygen atoms in total. The Bertz CT molecular complexity index is 127. The molecule has 4 heteroatoms. The lowest BCUT2D eigenvalue weighted by atomic mass is 11.0. The first kappa shape index (κ1) is 5.59. The van der Waals surface area contributed by atoms with Crippen molar-refractivity contribution in [3.63, 3.8) is 0 Å². The summed E-state index contributed by atoms with van der Waals surface area (Å²) in [6.07, 6.45) is 1.79. The van der Waals surface area contributed by atoms with E-state index in [9.17, 15) is 0 Å². The molecule has 0 aliphatic heterocycles. The van der Waals surface area contributed by atoms with Crippen LogP contribution in [-0.4, -0.2) is 4.98 Å². The molecule has 1 aromatic heterocycles. The zero-order chi connectivity index (χ0) is 5.11. The van der Waals surface area contributed by atoms with E-state index in [1.165, 1.54) is 10.2 Å². The number of halogens is 1. The molecule has 0 unspecified atom stereocenters. The number of hydrogen-bond acceptors (Lipinski definition) is 3. The van der Waals surface area contributed by atoms with E-state index in [0.717, 1.165) is 4.34 Å².